The SMILES string of the molecule is CCOC(=O)C(N)CSCC=C(C)C. The highest BCUT2D eigenvalue weighted by Crippen LogP contribution is 2.04. The minimum atomic E-state index is -0.495. The quantitative estimate of drug-likeness (QED) is 0.417. The van der Waals surface area contributed by atoms with E-state index in [0.717, 1.165) is 5.75 Å². The third kappa shape index (κ3) is 6.97. The highest BCUT2D eigenvalue weighted by molar-refractivity contribution is 7.99. The van der Waals surface area contributed by atoms with Crippen LogP contribution in [0.1, 0.15) is 20.8 Å². The molecule has 0 heterocycles. The molecule has 0 aliphatic carbocycles. The number of rotatable bonds is 6. The van der Waals surface area contributed by atoms with Gasteiger partial charge in [0, 0.05) is 11.5 Å². The zero-order valence-corrected chi connectivity index (χ0v) is 9.89. The van der Waals surface area contributed by atoms with Crippen LogP contribution in [0.5, 0.6) is 0 Å². The molecule has 82 valence electrons. The Bertz CT molecular complexity index is 200. The first kappa shape index (κ1) is 13.5. The van der Waals surface area contributed by atoms with Crippen molar-refractivity contribution in [1.29, 1.82) is 0 Å². The molecule has 0 bridgehead atoms. The Balaban J connectivity index is 3.58. The fourth-order valence-corrected chi connectivity index (χ4v) is 1.72. The van der Waals surface area contributed by atoms with Gasteiger partial charge in [0.25, 0.3) is 0 Å². The van der Waals surface area contributed by atoms with E-state index >= 15 is 0 Å². The molecule has 0 spiro atoms. The largest absolute Gasteiger partial charge is 0.465 e. The van der Waals surface area contributed by atoms with Gasteiger partial charge in [0.2, 0.25) is 0 Å². The minimum Gasteiger partial charge on any atom is -0.465 e. The minimum absolute atomic E-state index is 0.308. The molecule has 1 unspecified atom stereocenters. The maximum atomic E-state index is 11.1. The average Bonchev–Trinajstić information content (AvgIpc) is 2.12. The molecule has 0 radical (unpaired) electrons. The van der Waals surface area contributed by atoms with Crippen molar-refractivity contribution < 1.29 is 9.53 Å². The van der Waals surface area contributed by atoms with Crippen molar-refractivity contribution >= 4 is 17.7 Å². The van der Waals surface area contributed by atoms with Gasteiger partial charge in [-0.1, -0.05) is 11.6 Å². The van der Waals surface area contributed by atoms with Crippen LogP contribution < -0.4 is 5.73 Å². The van der Waals surface area contributed by atoms with E-state index in [1.54, 1.807) is 18.7 Å². The lowest BCUT2D eigenvalue weighted by atomic mass is 10.3. The Labute approximate surface area is 90.1 Å². The maximum Gasteiger partial charge on any atom is 0.323 e. The summed E-state index contributed by atoms with van der Waals surface area (Å²) < 4.78 is 4.79. The van der Waals surface area contributed by atoms with Gasteiger partial charge in [-0.3, -0.25) is 4.79 Å². The van der Waals surface area contributed by atoms with Gasteiger partial charge in [0.15, 0.2) is 0 Å². The molecule has 0 aromatic carbocycles. The molecule has 0 amide bonds. The molecule has 0 saturated heterocycles. The molecule has 14 heavy (non-hydrogen) atoms. The van der Waals surface area contributed by atoms with Crippen LogP contribution in [0.4, 0.5) is 0 Å². The van der Waals surface area contributed by atoms with Crippen LogP contribution >= 0.6 is 11.8 Å². The van der Waals surface area contributed by atoms with Crippen molar-refractivity contribution in [2.45, 2.75) is 26.8 Å². The van der Waals surface area contributed by atoms with Crippen LogP contribution in [0, 0.1) is 0 Å². The second-order valence-electron chi connectivity index (χ2n) is 3.18. The van der Waals surface area contributed by atoms with Crippen molar-refractivity contribution in [1.82, 2.24) is 0 Å². The predicted molar refractivity (Wildman–Crippen MR) is 61.4 cm³/mol. The Morgan fingerprint density at radius 2 is 2.21 bits per heavy atom. The Morgan fingerprint density at radius 1 is 1.57 bits per heavy atom. The van der Waals surface area contributed by atoms with Gasteiger partial charge >= 0.3 is 5.97 Å². The molecule has 3 nitrogen and oxygen atoms in total. The lowest BCUT2D eigenvalue weighted by Crippen LogP contribution is -2.34. The Hall–Kier alpha value is -0.480. The first-order valence-electron chi connectivity index (χ1n) is 4.71. The number of thioether (sulfide) groups is 1. The first-order valence-corrected chi connectivity index (χ1v) is 5.86. The molecule has 1 atom stereocenters. The monoisotopic (exact) mass is 217 g/mol. The van der Waals surface area contributed by atoms with Crippen molar-refractivity contribution in [3.8, 4) is 0 Å². The van der Waals surface area contributed by atoms with Crippen molar-refractivity contribution in [3.63, 3.8) is 0 Å². The lowest BCUT2D eigenvalue weighted by molar-refractivity contribution is -0.144. The van der Waals surface area contributed by atoms with Gasteiger partial charge in [-0.2, -0.15) is 11.8 Å². The van der Waals surface area contributed by atoms with Crippen LogP contribution in [-0.4, -0.2) is 30.1 Å². The van der Waals surface area contributed by atoms with E-state index in [4.69, 9.17) is 10.5 Å². The van der Waals surface area contributed by atoms with Gasteiger partial charge in [-0.15, -0.1) is 0 Å². The first-order chi connectivity index (χ1) is 6.57. The van der Waals surface area contributed by atoms with E-state index in [-0.39, 0.29) is 5.97 Å². The summed E-state index contributed by atoms with van der Waals surface area (Å²) in [6.45, 7) is 6.27. The van der Waals surface area contributed by atoms with Gasteiger partial charge in [0.1, 0.15) is 6.04 Å². The standard InChI is InChI=1S/C10H19NO2S/c1-4-13-10(12)9(11)7-14-6-5-8(2)3/h5,9H,4,6-7,11H2,1-3H3. The fraction of sp³-hybridized carbons (Fsp3) is 0.700. The molecule has 0 aromatic heterocycles. The summed E-state index contributed by atoms with van der Waals surface area (Å²) in [6, 6.07) is -0.495. The number of ether oxygens (including phenoxy) is 1. The molecule has 0 aromatic rings. The number of carbonyl (C=O) groups is 1. The molecule has 0 saturated carbocycles. The molecule has 0 rings (SSSR count). The zero-order valence-electron chi connectivity index (χ0n) is 9.08. The maximum absolute atomic E-state index is 11.1. The van der Waals surface area contributed by atoms with Crippen molar-refractivity contribution in [3.05, 3.63) is 11.6 Å². The normalized spacial score (nSPS) is 12.0. The molecular formula is C10H19NO2S. The van der Waals surface area contributed by atoms with E-state index in [2.05, 4.69) is 6.08 Å². The summed E-state index contributed by atoms with van der Waals surface area (Å²) in [4.78, 5) is 11.1. The molecule has 0 aliphatic rings. The van der Waals surface area contributed by atoms with Gasteiger partial charge in [-0.05, 0) is 20.8 Å². The third-order valence-electron chi connectivity index (χ3n) is 1.50. The summed E-state index contributed by atoms with van der Waals surface area (Å²) in [7, 11) is 0. The summed E-state index contributed by atoms with van der Waals surface area (Å²) in [5.41, 5.74) is 6.88. The summed E-state index contributed by atoms with van der Waals surface area (Å²) in [5, 5.41) is 0. The molecule has 0 aliphatic heterocycles. The third-order valence-corrected chi connectivity index (χ3v) is 2.49. The molecular weight excluding hydrogens is 198 g/mol. The van der Waals surface area contributed by atoms with E-state index in [9.17, 15) is 4.79 Å². The second kappa shape index (κ2) is 7.88. The summed E-state index contributed by atoms with van der Waals surface area (Å²) in [6.07, 6.45) is 2.11. The van der Waals surface area contributed by atoms with Gasteiger partial charge in [0.05, 0.1) is 6.61 Å². The lowest BCUT2D eigenvalue weighted by Gasteiger charge is -2.08. The fourth-order valence-electron chi connectivity index (χ4n) is 0.738. The van der Waals surface area contributed by atoms with Crippen molar-refractivity contribution in [2.75, 3.05) is 18.1 Å². The van der Waals surface area contributed by atoms with Crippen LogP contribution in [0.3, 0.4) is 0 Å². The molecule has 0 fully saturated rings. The smallest absolute Gasteiger partial charge is 0.323 e. The van der Waals surface area contributed by atoms with E-state index in [1.165, 1.54) is 5.57 Å². The number of allylic oxidation sites excluding steroid dienone is 1. The second-order valence-corrected chi connectivity index (χ2v) is 4.25. The molecule has 4 heteroatoms. The van der Waals surface area contributed by atoms with Crippen LogP contribution in [0.25, 0.3) is 0 Å². The number of hydrogen-bond donors (Lipinski definition) is 1. The van der Waals surface area contributed by atoms with Crippen LogP contribution in [-0.2, 0) is 9.53 Å². The van der Waals surface area contributed by atoms with E-state index in [1.807, 2.05) is 13.8 Å². The number of esters is 1. The van der Waals surface area contributed by atoms with Crippen LogP contribution in [0.15, 0.2) is 11.6 Å². The zero-order chi connectivity index (χ0) is 11.0. The number of nitrogens with two attached hydrogens (primary N) is 1. The number of carbonyl (C=O) groups excluding carboxylic acids is 1. The predicted octanol–water partition coefficient (Wildman–Crippen LogP) is 1.58. The summed E-state index contributed by atoms with van der Waals surface area (Å²) >= 11 is 1.64. The molecule has 2 N–H and O–H groups in total. The highest BCUT2D eigenvalue weighted by Gasteiger charge is 2.13. The van der Waals surface area contributed by atoms with Crippen LogP contribution in [0.2, 0.25) is 0 Å². The summed E-state index contributed by atoms with van der Waals surface area (Å²) in [5.74, 6) is 1.20. The van der Waals surface area contributed by atoms with Gasteiger partial charge < -0.3 is 10.5 Å². The number of hydrogen-bond acceptors (Lipinski definition) is 4. The Morgan fingerprint density at radius 3 is 2.71 bits per heavy atom. The van der Waals surface area contributed by atoms with E-state index < -0.39 is 6.04 Å². The Kier molecular flexibility index (Phi) is 7.61. The highest BCUT2D eigenvalue weighted by atomic mass is 32.2. The van der Waals surface area contributed by atoms with E-state index in [0.29, 0.717) is 12.4 Å². The average molecular weight is 217 g/mol. The van der Waals surface area contributed by atoms with Gasteiger partial charge in [-0.25, -0.2) is 0 Å². The topological polar surface area (TPSA) is 52.3 Å². The van der Waals surface area contributed by atoms with Crippen molar-refractivity contribution in [2.24, 2.45) is 5.73 Å².